The fourth-order valence-electron chi connectivity index (χ4n) is 2.19. The summed E-state index contributed by atoms with van der Waals surface area (Å²) in [5.74, 6) is 1.54. The van der Waals surface area contributed by atoms with Crippen molar-refractivity contribution in [3.8, 4) is 0 Å². The van der Waals surface area contributed by atoms with Gasteiger partial charge in [-0.1, -0.05) is 0 Å². The molecule has 2 aliphatic rings. The molecule has 2 rings (SSSR count). The summed E-state index contributed by atoms with van der Waals surface area (Å²) in [4.78, 5) is 13.8. The summed E-state index contributed by atoms with van der Waals surface area (Å²) in [5, 5.41) is 0. The van der Waals surface area contributed by atoms with Crippen LogP contribution in [-0.4, -0.2) is 24.8 Å². The number of hydrogen-bond donors (Lipinski definition) is 0. The number of carbonyl (C=O) groups excluding carboxylic acids is 1. The molecule has 0 aliphatic heterocycles. The zero-order valence-corrected chi connectivity index (χ0v) is 8.42. The molecule has 1 atom stereocenters. The van der Waals surface area contributed by atoms with Crippen LogP contribution in [0.15, 0.2) is 11.8 Å². The van der Waals surface area contributed by atoms with E-state index < -0.39 is 0 Å². The van der Waals surface area contributed by atoms with E-state index >= 15 is 0 Å². The molecule has 0 amide bonds. The van der Waals surface area contributed by atoms with E-state index in [0.29, 0.717) is 11.7 Å². The Kier molecular flexibility index (Phi) is 2.14. The van der Waals surface area contributed by atoms with E-state index in [1.54, 1.807) is 0 Å². The third-order valence-electron chi connectivity index (χ3n) is 2.98. The average molecular weight is 179 g/mol. The minimum Gasteiger partial charge on any atom is -0.383 e. The van der Waals surface area contributed by atoms with Gasteiger partial charge in [0.05, 0.1) is 0 Å². The molecule has 0 spiro atoms. The summed E-state index contributed by atoms with van der Waals surface area (Å²) in [6.45, 7) is 0. The second kappa shape index (κ2) is 3.17. The van der Waals surface area contributed by atoms with E-state index in [-0.39, 0.29) is 0 Å². The number of rotatable bonds is 2. The van der Waals surface area contributed by atoms with Crippen molar-refractivity contribution in [1.82, 2.24) is 4.90 Å². The number of nitrogens with zero attached hydrogens (tertiary/aromatic N) is 1. The van der Waals surface area contributed by atoms with Crippen molar-refractivity contribution in [2.24, 2.45) is 11.8 Å². The molecule has 0 heterocycles. The van der Waals surface area contributed by atoms with Crippen LogP contribution in [0.25, 0.3) is 0 Å². The zero-order chi connectivity index (χ0) is 9.42. The lowest BCUT2D eigenvalue weighted by Gasteiger charge is -2.07. The van der Waals surface area contributed by atoms with Crippen LogP contribution in [0, 0.1) is 11.8 Å². The van der Waals surface area contributed by atoms with Gasteiger partial charge in [0.25, 0.3) is 0 Å². The van der Waals surface area contributed by atoms with Gasteiger partial charge in [0.1, 0.15) is 0 Å². The first kappa shape index (κ1) is 8.79. The van der Waals surface area contributed by atoms with Gasteiger partial charge in [0.15, 0.2) is 5.78 Å². The van der Waals surface area contributed by atoms with Crippen LogP contribution in [-0.2, 0) is 4.79 Å². The van der Waals surface area contributed by atoms with Gasteiger partial charge in [-0.15, -0.1) is 0 Å². The van der Waals surface area contributed by atoms with Gasteiger partial charge in [0.2, 0.25) is 0 Å². The second-order valence-corrected chi connectivity index (χ2v) is 4.46. The normalized spacial score (nSPS) is 31.4. The molecular formula is C11H17NO. The SMILES string of the molecule is CN(C)/C=C1\CCC(C2CC2)C1=O. The first-order valence-electron chi connectivity index (χ1n) is 5.10. The highest BCUT2D eigenvalue weighted by atomic mass is 16.1. The molecule has 0 saturated heterocycles. The molecule has 0 bridgehead atoms. The molecule has 0 N–H and O–H groups in total. The van der Waals surface area contributed by atoms with Gasteiger partial charge < -0.3 is 4.90 Å². The molecule has 0 aromatic heterocycles. The Morgan fingerprint density at radius 1 is 1.31 bits per heavy atom. The van der Waals surface area contributed by atoms with Crippen molar-refractivity contribution < 1.29 is 4.79 Å². The van der Waals surface area contributed by atoms with Crippen LogP contribution < -0.4 is 0 Å². The monoisotopic (exact) mass is 179 g/mol. The van der Waals surface area contributed by atoms with Gasteiger partial charge in [0, 0.05) is 31.8 Å². The Balaban J connectivity index is 2.05. The summed E-state index contributed by atoms with van der Waals surface area (Å²) >= 11 is 0. The van der Waals surface area contributed by atoms with Gasteiger partial charge >= 0.3 is 0 Å². The molecule has 1 unspecified atom stereocenters. The molecular weight excluding hydrogens is 162 g/mol. The van der Waals surface area contributed by atoms with Crippen LogP contribution in [0.2, 0.25) is 0 Å². The summed E-state index contributed by atoms with van der Waals surface area (Å²) in [7, 11) is 3.95. The van der Waals surface area contributed by atoms with Gasteiger partial charge in [-0.25, -0.2) is 0 Å². The van der Waals surface area contributed by atoms with Crippen molar-refractivity contribution in [2.45, 2.75) is 25.7 Å². The fraction of sp³-hybridized carbons (Fsp3) is 0.727. The highest BCUT2D eigenvalue weighted by Crippen LogP contribution is 2.44. The maximum Gasteiger partial charge on any atom is 0.163 e. The highest BCUT2D eigenvalue weighted by Gasteiger charge is 2.40. The molecule has 2 aliphatic carbocycles. The van der Waals surface area contributed by atoms with E-state index in [0.717, 1.165) is 24.3 Å². The maximum atomic E-state index is 11.8. The molecule has 2 saturated carbocycles. The molecule has 0 aromatic rings. The molecule has 0 radical (unpaired) electrons. The average Bonchev–Trinajstić information content (AvgIpc) is 2.81. The summed E-state index contributed by atoms with van der Waals surface area (Å²) in [6.07, 6.45) is 6.66. The maximum absolute atomic E-state index is 11.8. The predicted octanol–water partition coefficient (Wildman–Crippen LogP) is 1.82. The Bertz CT molecular complexity index is 251. The van der Waals surface area contributed by atoms with E-state index in [2.05, 4.69) is 0 Å². The highest BCUT2D eigenvalue weighted by molar-refractivity contribution is 5.99. The van der Waals surface area contributed by atoms with Gasteiger partial charge in [-0.05, 0) is 31.6 Å². The minimum absolute atomic E-state index is 0.381. The Labute approximate surface area is 79.6 Å². The van der Waals surface area contributed by atoms with Crippen LogP contribution in [0.4, 0.5) is 0 Å². The van der Waals surface area contributed by atoms with E-state index in [4.69, 9.17) is 0 Å². The van der Waals surface area contributed by atoms with Crippen molar-refractivity contribution in [2.75, 3.05) is 14.1 Å². The number of carbonyl (C=O) groups is 1. The standard InChI is InChI=1S/C11H17NO/c1-12(2)7-9-5-6-10(11(9)13)8-3-4-8/h7-8,10H,3-6H2,1-2H3/b9-7+. The first-order valence-corrected chi connectivity index (χ1v) is 5.10. The summed E-state index contributed by atoms with van der Waals surface area (Å²) in [6, 6.07) is 0. The molecule has 72 valence electrons. The molecule has 2 fully saturated rings. The number of allylic oxidation sites excluding steroid dienone is 1. The minimum atomic E-state index is 0.381. The van der Waals surface area contributed by atoms with E-state index in [9.17, 15) is 4.79 Å². The molecule has 2 heteroatoms. The quantitative estimate of drug-likeness (QED) is 0.603. The van der Waals surface area contributed by atoms with Gasteiger partial charge in [-0.3, -0.25) is 4.79 Å². The molecule has 0 aromatic carbocycles. The number of hydrogen-bond acceptors (Lipinski definition) is 2. The first-order chi connectivity index (χ1) is 6.18. The van der Waals surface area contributed by atoms with Crippen LogP contribution in [0.1, 0.15) is 25.7 Å². The Morgan fingerprint density at radius 3 is 2.54 bits per heavy atom. The molecule has 2 nitrogen and oxygen atoms in total. The summed E-state index contributed by atoms with van der Waals surface area (Å²) in [5.41, 5.74) is 1.04. The van der Waals surface area contributed by atoms with Crippen LogP contribution in [0.5, 0.6) is 0 Å². The fourth-order valence-corrected chi connectivity index (χ4v) is 2.19. The lowest BCUT2D eigenvalue weighted by molar-refractivity contribution is -0.118. The Hall–Kier alpha value is -0.790. The largest absolute Gasteiger partial charge is 0.383 e. The summed E-state index contributed by atoms with van der Waals surface area (Å²) < 4.78 is 0. The zero-order valence-electron chi connectivity index (χ0n) is 8.42. The lowest BCUT2D eigenvalue weighted by Crippen LogP contribution is -2.12. The van der Waals surface area contributed by atoms with E-state index in [1.165, 1.54) is 12.8 Å². The third kappa shape index (κ3) is 1.77. The number of Topliss-reactive ketones (excluding diaryl/α,β-unsaturated/α-hetero) is 1. The van der Waals surface area contributed by atoms with Crippen LogP contribution >= 0.6 is 0 Å². The lowest BCUT2D eigenvalue weighted by atomic mass is 10.0. The predicted molar refractivity (Wildman–Crippen MR) is 52.2 cm³/mol. The van der Waals surface area contributed by atoms with E-state index in [1.807, 2.05) is 25.2 Å². The third-order valence-corrected chi connectivity index (χ3v) is 2.98. The van der Waals surface area contributed by atoms with Crippen LogP contribution in [0.3, 0.4) is 0 Å². The van der Waals surface area contributed by atoms with Crippen molar-refractivity contribution in [3.63, 3.8) is 0 Å². The van der Waals surface area contributed by atoms with Crippen molar-refractivity contribution in [3.05, 3.63) is 11.8 Å². The van der Waals surface area contributed by atoms with Crippen molar-refractivity contribution >= 4 is 5.78 Å². The van der Waals surface area contributed by atoms with Crippen molar-refractivity contribution in [1.29, 1.82) is 0 Å². The molecule has 13 heavy (non-hydrogen) atoms. The Morgan fingerprint density at radius 2 is 2.00 bits per heavy atom. The smallest absolute Gasteiger partial charge is 0.163 e. The second-order valence-electron chi connectivity index (χ2n) is 4.46. The number of ketones is 1. The topological polar surface area (TPSA) is 20.3 Å². The van der Waals surface area contributed by atoms with Gasteiger partial charge in [-0.2, -0.15) is 0 Å².